The Morgan fingerprint density at radius 1 is 0.891 bits per heavy atom. The minimum absolute atomic E-state index is 0.0403. The quantitative estimate of drug-likeness (QED) is 0.147. The molecule has 46 heavy (non-hydrogen) atoms. The van der Waals surface area contributed by atoms with Crippen LogP contribution in [0.4, 0.5) is 24.5 Å². The molecule has 0 fully saturated rings. The van der Waals surface area contributed by atoms with E-state index >= 15 is 0 Å². The van der Waals surface area contributed by atoms with E-state index in [2.05, 4.69) is 10.8 Å². The highest BCUT2D eigenvalue weighted by atomic mass is 32.2. The zero-order valence-electron chi connectivity index (χ0n) is 25.3. The summed E-state index contributed by atoms with van der Waals surface area (Å²) in [6.45, 7) is 1.82. The fourth-order valence-electron chi connectivity index (χ4n) is 5.08. The van der Waals surface area contributed by atoms with E-state index in [0.29, 0.717) is 17.7 Å². The van der Waals surface area contributed by atoms with Crippen LogP contribution in [0.5, 0.6) is 0 Å². The molecule has 0 radical (unpaired) electrons. The van der Waals surface area contributed by atoms with Crippen LogP contribution in [0, 0.1) is 5.92 Å². The van der Waals surface area contributed by atoms with Crippen LogP contribution in [0.25, 0.3) is 0 Å². The van der Waals surface area contributed by atoms with Gasteiger partial charge in [0.15, 0.2) is 0 Å². The predicted molar refractivity (Wildman–Crippen MR) is 171 cm³/mol. The van der Waals surface area contributed by atoms with Gasteiger partial charge >= 0.3 is 6.18 Å². The second-order valence-corrected chi connectivity index (χ2v) is 12.7. The fraction of sp³-hybridized carbons (Fsp3) is 0.265. The maximum absolute atomic E-state index is 13.4. The number of hydrogen-bond donors (Lipinski definition) is 3. The number of anilines is 2. The van der Waals surface area contributed by atoms with Gasteiger partial charge in [-0.3, -0.25) is 9.63 Å². The largest absolute Gasteiger partial charge is 0.416 e. The number of aliphatic hydroxyl groups excluding tert-OH is 1. The van der Waals surface area contributed by atoms with Gasteiger partial charge in [0, 0.05) is 19.0 Å². The molecule has 244 valence electrons. The average molecular weight is 656 g/mol. The standard InChI is InChI=1S/C34H36F3N3O5S/c1-24(45-39-33(42)29-18-9-10-19-31(29)40(46(2,43)44)28-16-7-4-8-17-28)30(21-25-12-5-3-6-13-25)32(41)23-38-22-26-14-11-15-27(20-26)34(35,36)37/h3-20,24,30,32,38,41H,21-23H2,1-2H3,(H,39,42)/t24?,30-,32+/m1/s1. The summed E-state index contributed by atoms with van der Waals surface area (Å²) < 4.78 is 66.1. The second kappa shape index (κ2) is 15.4. The smallest absolute Gasteiger partial charge is 0.391 e. The van der Waals surface area contributed by atoms with Gasteiger partial charge in [-0.2, -0.15) is 13.2 Å². The highest BCUT2D eigenvalue weighted by Gasteiger charge is 2.31. The lowest BCUT2D eigenvalue weighted by molar-refractivity contribution is -0.137. The first kappa shape index (κ1) is 34.6. The zero-order chi connectivity index (χ0) is 33.3. The van der Waals surface area contributed by atoms with Gasteiger partial charge < -0.3 is 10.4 Å². The molecule has 0 heterocycles. The lowest BCUT2D eigenvalue weighted by Gasteiger charge is -2.29. The first-order valence-corrected chi connectivity index (χ1v) is 16.4. The third kappa shape index (κ3) is 9.39. The third-order valence-corrected chi connectivity index (χ3v) is 8.45. The molecular weight excluding hydrogens is 619 g/mol. The number of benzene rings is 4. The van der Waals surface area contributed by atoms with E-state index in [4.69, 9.17) is 4.84 Å². The minimum Gasteiger partial charge on any atom is -0.391 e. The molecule has 0 aliphatic rings. The SMILES string of the molecule is CC(ONC(=O)c1ccccc1N(c1ccccc1)S(C)(=O)=O)[C@@H](Cc1ccccc1)[C@@H](O)CNCc1cccc(C(F)(F)F)c1. The van der Waals surface area contributed by atoms with Crippen molar-refractivity contribution in [1.82, 2.24) is 10.8 Å². The molecule has 4 aromatic carbocycles. The summed E-state index contributed by atoms with van der Waals surface area (Å²) in [4.78, 5) is 19.2. The molecule has 0 aliphatic heterocycles. The van der Waals surface area contributed by atoms with Crippen molar-refractivity contribution in [3.63, 3.8) is 0 Å². The van der Waals surface area contributed by atoms with Crippen molar-refractivity contribution < 1.29 is 36.3 Å². The van der Waals surface area contributed by atoms with Gasteiger partial charge in [-0.05, 0) is 54.8 Å². The maximum atomic E-state index is 13.4. The number of carbonyl (C=O) groups excluding carboxylic acids is 1. The van der Waals surface area contributed by atoms with E-state index in [9.17, 15) is 31.5 Å². The number of halogens is 3. The number of hydrogen-bond acceptors (Lipinski definition) is 6. The Bertz CT molecular complexity index is 1690. The van der Waals surface area contributed by atoms with Crippen molar-refractivity contribution in [2.24, 2.45) is 5.92 Å². The molecule has 0 aromatic heterocycles. The summed E-state index contributed by atoms with van der Waals surface area (Å²) >= 11 is 0. The molecule has 0 saturated heterocycles. The fourth-order valence-corrected chi connectivity index (χ4v) is 6.10. The molecule has 1 amide bonds. The topological polar surface area (TPSA) is 108 Å². The molecule has 0 bridgehead atoms. The predicted octanol–water partition coefficient (Wildman–Crippen LogP) is 5.86. The molecular formula is C34H36F3N3O5S. The number of para-hydroxylation sites is 2. The number of sulfonamides is 1. The summed E-state index contributed by atoms with van der Waals surface area (Å²) in [5.74, 6) is -1.24. The second-order valence-electron chi connectivity index (χ2n) is 10.9. The van der Waals surface area contributed by atoms with E-state index in [-0.39, 0.29) is 24.3 Å². The Morgan fingerprint density at radius 2 is 1.50 bits per heavy atom. The summed E-state index contributed by atoms with van der Waals surface area (Å²) in [5, 5.41) is 14.2. The molecule has 1 unspecified atom stereocenters. The number of hydroxylamine groups is 1. The van der Waals surface area contributed by atoms with Crippen molar-refractivity contribution in [2.75, 3.05) is 17.1 Å². The van der Waals surface area contributed by atoms with Crippen molar-refractivity contribution in [3.8, 4) is 0 Å². The van der Waals surface area contributed by atoms with Crippen molar-refractivity contribution in [1.29, 1.82) is 0 Å². The van der Waals surface area contributed by atoms with Gasteiger partial charge in [0.2, 0.25) is 10.0 Å². The van der Waals surface area contributed by atoms with E-state index in [1.165, 1.54) is 18.2 Å². The summed E-state index contributed by atoms with van der Waals surface area (Å²) in [5.41, 5.74) is 3.51. The molecule has 0 spiro atoms. The third-order valence-electron chi connectivity index (χ3n) is 7.38. The Hall–Kier alpha value is -4.23. The number of alkyl halides is 3. The highest BCUT2D eigenvalue weighted by molar-refractivity contribution is 7.92. The number of nitrogens with one attached hydrogen (secondary N) is 2. The summed E-state index contributed by atoms with van der Waals surface area (Å²) in [6, 6.07) is 28.9. The Morgan fingerprint density at radius 3 is 2.15 bits per heavy atom. The lowest BCUT2D eigenvalue weighted by Crippen LogP contribution is -2.42. The molecule has 0 aliphatic carbocycles. The van der Waals surface area contributed by atoms with Crippen molar-refractivity contribution in [2.45, 2.75) is 38.3 Å². The number of rotatable bonds is 14. The highest BCUT2D eigenvalue weighted by Crippen LogP contribution is 2.32. The number of nitrogens with zero attached hydrogens (tertiary/aromatic N) is 1. The van der Waals surface area contributed by atoms with Gasteiger partial charge in [0.1, 0.15) is 0 Å². The molecule has 4 aromatic rings. The molecule has 12 heteroatoms. The normalized spacial score (nSPS) is 13.9. The van der Waals surface area contributed by atoms with Crippen LogP contribution in [-0.2, 0) is 34.0 Å². The van der Waals surface area contributed by atoms with Crippen LogP contribution in [-0.4, -0.2) is 44.4 Å². The van der Waals surface area contributed by atoms with Gasteiger partial charge in [-0.15, -0.1) is 0 Å². The molecule has 3 N–H and O–H groups in total. The van der Waals surface area contributed by atoms with E-state index in [0.717, 1.165) is 28.3 Å². The molecule has 8 nitrogen and oxygen atoms in total. The van der Waals surface area contributed by atoms with E-state index in [1.54, 1.807) is 55.5 Å². The first-order valence-electron chi connectivity index (χ1n) is 14.5. The van der Waals surface area contributed by atoms with Crippen LogP contribution >= 0.6 is 0 Å². The van der Waals surface area contributed by atoms with Crippen LogP contribution in [0.2, 0.25) is 0 Å². The Balaban J connectivity index is 1.48. The first-order chi connectivity index (χ1) is 21.8. The monoisotopic (exact) mass is 655 g/mol. The molecule has 4 rings (SSSR count). The van der Waals surface area contributed by atoms with E-state index in [1.807, 2.05) is 30.3 Å². The molecule has 3 atom stereocenters. The minimum atomic E-state index is -4.46. The van der Waals surface area contributed by atoms with E-state index < -0.39 is 45.8 Å². The van der Waals surface area contributed by atoms with Gasteiger partial charge in [0.05, 0.1) is 41.0 Å². The number of aliphatic hydroxyl groups is 1. The number of carbonyl (C=O) groups is 1. The maximum Gasteiger partial charge on any atom is 0.416 e. The average Bonchev–Trinajstić information content (AvgIpc) is 3.02. The summed E-state index contributed by atoms with van der Waals surface area (Å²) in [6.07, 6.45) is -4.79. The Labute approximate surface area is 266 Å². The van der Waals surface area contributed by atoms with Gasteiger partial charge in [-0.1, -0.05) is 78.9 Å². The van der Waals surface area contributed by atoms with Crippen LogP contribution in [0.15, 0.2) is 109 Å². The van der Waals surface area contributed by atoms with Crippen molar-refractivity contribution in [3.05, 3.63) is 131 Å². The van der Waals surface area contributed by atoms with Crippen molar-refractivity contribution >= 4 is 27.3 Å². The van der Waals surface area contributed by atoms with Crippen LogP contribution < -0.4 is 15.1 Å². The lowest BCUT2D eigenvalue weighted by atomic mass is 9.89. The van der Waals surface area contributed by atoms with Crippen LogP contribution in [0.1, 0.15) is 34.0 Å². The van der Waals surface area contributed by atoms with Crippen LogP contribution in [0.3, 0.4) is 0 Å². The Kier molecular flexibility index (Phi) is 11.6. The van der Waals surface area contributed by atoms with Gasteiger partial charge in [-0.25, -0.2) is 18.2 Å². The number of amides is 1. The molecule has 0 saturated carbocycles. The summed E-state index contributed by atoms with van der Waals surface area (Å²) in [7, 11) is -3.84. The zero-order valence-corrected chi connectivity index (χ0v) is 26.1. The van der Waals surface area contributed by atoms with Gasteiger partial charge in [0.25, 0.3) is 5.91 Å².